The van der Waals surface area contributed by atoms with Gasteiger partial charge in [-0.15, -0.1) is 10.2 Å². The fourth-order valence-corrected chi connectivity index (χ4v) is 3.84. The van der Waals surface area contributed by atoms with E-state index in [4.69, 9.17) is 9.84 Å². The summed E-state index contributed by atoms with van der Waals surface area (Å²) in [6.07, 6.45) is 5.84. The minimum Gasteiger partial charge on any atom is -0.495 e. The molecule has 2 aromatic rings. The second kappa shape index (κ2) is 7.70. The Morgan fingerprint density at radius 3 is 2.75 bits per heavy atom. The summed E-state index contributed by atoms with van der Waals surface area (Å²) >= 11 is 1.19. The second-order valence-electron chi connectivity index (χ2n) is 5.87. The normalized spacial score (nSPS) is 15.4. The lowest BCUT2D eigenvalue weighted by Gasteiger charge is -2.22. The van der Waals surface area contributed by atoms with Gasteiger partial charge in [0.2, 0.25) is 0 Å². The Hall–Kier alpha value is -2.02. The fraction of sp³-hybridized carbons (Fsp3) is 0.471. The highest BCUT2D eigenvalue weighted by Gasteiger charge is 2.25. The van der Waals surface area contributed by atoms with Crippen LogP contribution in [-0.4, -0.2) is 38.7 Å². The van der Waals surface area contributed by atoms with Gasteiger partial charge in [-0.05, 0) is 25.0 Å². The highest BCUT2D eigenvalue weighted by Crippen LogP contribution is 2.36. The van der Waals surface area contributed by atoms with Crippen molar-refractivity contribution >= 4 is 17.7 Å². The zero-order valence-corrected chi connectivity index (χ0v) is 14.5. The van der Waals surface area contributed by atoms with Gasteiger partial charge in [-0.3, -0.25) is 9.36 Å². The summed E-state index contributed by atoms with van der Waals surface area (Å²) in [7, 11) is 1.63. The number of ether oxygens (including phenoxy) is 1. The first kappa shape index (κ1) is 16.8. The van der Waals surface area contributed by atoms with E-state index in [0.717, 1.165) is 30.1 Å². The molecule has 0 amide bonds. The van der Waals surface area contributed by atoms with Gasteiger partial charge in [-0.1, -0.05) is 43.2 Å². The van der Waals surface area contributed by atoms with Crippen molar-refractivity contribution < 1.29 is 14.6 Å². The second-order valence-corrected chi connectivity index (χ2v) is 6.81. The number of nitrogens with zero attached hydrogens (tertiary/aromatic N) is 3. The van der Waals surface area contributed by atoms with E-state index in [0.29, 0.717) is 11.1 Å². The molecular weight excluding hydrogens is 326 g/mol. The van der Waals surface area contributed by atoms with E-state index in [1.54, 1.807) is 7.11 Å². The standard InChI is InChI=1S/C17H21N3O3S/c1-23-14-10-6-5-9-13(14)20-16(12-7-3-2-4-8-12)18-19-17(20)24-11-15(21)22/h5-6,9-10,12H,2-4,7-8,11H2,1H3,(H,21,22). The van der Waals surface area contributed by atoms with Crippen molar-refractivity contribution in [3.63, 3.8) is 0 Å². The third-order valence-corrected chi connectivity index (χ3v) is 5.19. The van der Waals surface area contributed by atoms with Crippen molar-refractivity contribution in [2.45, 2.75) is 43.2 Å². The molecule has 1 heterocycles. The lowest BCUT2D eigenvalue weighted by molar-refractivity contribution is -0.133. The van der Waals surface area contributed by atoms with Crippen LogP contribution in [0, 0.1) is 0 Å². The molecular formula is C17H21N3O3S. The first-order valence-corrected chi connectivity index (χ1v) is 9.12. The number of hydrogen-bond donors (Lipinski definition) is 1. The maximum atomic E-state index is 10.9. The van der Waals surface area contributed by atoms with Crippen LogP contribution < -0.4 is 4.74 Å². The molecule has 6 nitrogen and oxygen atoms in total. The van der Waals surface area contributed by atoms with Crippen molar-refractivity contribution in [3.05, 3.63) is 30.1 Å². The Morgan fingerprint density at radius 2 is 2.04 bits per heavy atom. The minimum absolute atomic E-state index is 0.0437. The maximum absolute atomic E-state index is 10.9. The van der Waals surface area contributed by atoms with E-state index in [9.17, 15) is 4.79 Å². The Morgan fingerprint density at radius 1 is 1.29 bits per heavy atom. The summed E-state index contributed by atoms with van der Waals surface area (Å²) in [5.74, 6) is 1.08. The first-order chi connectivity index (χ1) is 11.7. The van der Waals surface area contributed by atoms with Crippen LogP contribution in [0.5, 0.6) is 5.75 Å². The van der Waals surface area contributed by atoms with Gasteiger partial charge >= 0.3 is 5.97 Å². The summed E-state index contributed by atoms with van der Waals surface area (Å²) in [6.45, 7) is 0. The van der Waals surface area contributed by atoms with Crippen molar-refractivity contribution in [2.75, 3.05) is 12.9 Å². The number of carboxylic acids is 1. The Labute approximate surface area is 145 Å². The van der Waals surface area contributed by atoms with Crippen LogP contribution >= 0.6 is 11.8 Å². The molecule has 1 aliphatic rings. The maximum Gasteiger partial charge on any atom is 0.313 e. The number of benzene rings is 1. The van der Waals surface area contributed by atoms with Crippen molar-refractivity contribution in [2.24, 2.45) is 0 Å². The summed E-state index contributed by atoms with van der Waals surface area (Å²) in [4.78, 5) is 10.9. The molecule has 0 unspecified atom stereocenters. The zero-order chi connectivity index (χ0) is 16.9. The molecule has 1 aromatic carbocycles. The van der Waals surface area contributed by atoms with E-state index in [1.165, 1.54) is 31.0 Å². The third-order valence-electron chi connectivity index (χ3n) is 4.28. The summed E-state index contributed by atoms with van der Waals surface area (Å²) in [6, 6.07) is 7.70. The molecule has 0 spiro atoms. The van der Waals surface area contributed by atoms with Gasteiger partial charge in [0, 0.05) is 5.92 Å². The van der Waals surface area contributed by atoms with Crippen LogP contribution in [0.25, 0.3) is 5.69 Å². The molecule has 1 aromatic heterocycles. The first-order valence-electron chi connectivity index (χ1n) is 8.14. The van der Waals surface area contributed by atoms with Crippen LogP contribution in [0.15, 0.2) is 29.4 Å². The largest absolute Gasteiger partial charge is 0.495 e. The van der Waals surface area contributed by atoms with E-state index in [1.807, 2.05) is 28.8 Å². The molecule has 1 N–H and O–H groups in total. The van der Waals surface area contributed by atoms with E-state index >= 15 is 0 Å². The van der Waals surface area contributed by atoms with Gasteiger partial charge in [0.05, 0.1) is 18.6 Å². The molecule has 128 valence electrons. The Bertz CT molecular complexity index is 711. The van der Waals surface area contributed by atoms with Crippen molar-refractivity contribution in [1.82, 2.24) is 14.8 Å². The van der Waals surface area contributed by atoms with Gasteiger partial charge in [-0.2, -0.15) is 0 Å². The molecule has 0 aliphatic heterocycles. The topological polar surface area (TPSA) is 77.2 Å². The fourth-order valence-electron chi connectivity index (χ4n) is 3.17. The van der Waals surface area contributed by atoms with Crippen LogP contribution in [0.1, 0.15) is 43.8 Å². The smallest absolute Gasteiger partial charge is 0.313 e. The average Bonchev–Trinajstić information content (AvgIpc) is 3.04. The van der Waals surface area contributed by atoms with Crippen LogP contribution in [0.3, 0.4) is 0 Å². The number of methoxy groups -OCH3 is 1. The van der Waals surface area contributed by atoms with Crippen molar-refractivity contribution in [3.8, 4) is 11.4 Å². The highest BCUT2D eigenvalue weighted by atomic mass is 32.2. The van der Waals surface area contributed by atoms with Crippen LogP contribution in [0.4, 0.5) is 0 Å². The quantitative estimate of drug-likeness (QED) is 0.806. The van der Waals surface area contributed by atoms with Gasteiger partial charge in [0.1, 0.15) is 11.6 Å². The monoisotopic (exact) mass is 347 g/mol. The summed E-state index contributed by atoms with van der Waals surface area (Å²) in [5.41, 5.74) is 0.860. The van der Waals surface area contributed by atoms with Gasteiger partial charge < -0.3 is 9.84 Å². The lowest BCUT2D eigenvalue weighted by atomic mass is 9.88. The molecule has 1 fully saturated rings. The molecule has 0 saturated heterocycles. The molecule has 3 rings (SSSR count). The lowest BCUT2D eigenvalue weighted by Crippen LogP contribution is -2.13. The predicted molar refractivity (Wildman–Crippen MR) is 92.1 cm³/mol. The van der Waals surface area contributed by atoms with E-state index in [-0.39, 0.29) is 5.75 Å². The summed E-state index contributed by atoms with van der Waals surface area (Å²) < 4.78 is 7.46. The number of thioether (sulfide) groups is 1. The molecule has 0 radical (unpaired) electrons. The number of para-hydroxylation sites is 2. The number of hydrogen-bond acceptors (Lipinski definition) is 5. The number of rotatable bonds is 6. The van der Waals surface area contributed by atoms with Crippen molar-refractivity contribution in [1.29, 1.82) is 0 Å². The van der Waals surface area contributed by atoms with Crippen LogP contribution in [-0.2, 0) is 4.79 Å². The SMILES string of the molecule is COc1ccccc1-n1c(SCC(=O)O)nnc1C1CCCCC1. The number of carboxylic acid groups (broad SMARTS) is 1. The highest BCUT2D eigenvalue weighted by molar-refractivity contribution is 7.99. The minimum atomic E-state index is -0.867. The molecule has 7 heteroatoms. The number of aliphatic carboxylic acids is 1. The zero-order valence-electron chi connectivity index (χ0n) is 13.6. The number of aromatic nitrogens is 3. The third kappa shape index (κ3) is 3.56. The molecule has 0 bridgehead atoms. The molecule has 1 aliphatic carbocycles. The Balaban J connectivity index is 2.04. The molecule has 0 atom stereocenters. The summed E-state index contributed by atoms with van der Waals surface area (Å²) in [5, 5.41) is 18.3. The molecule has 24 heavy (non-hydrogen) atoms. The average molecular weight is 347 g/mol. The van der Waals surface area contributed by atoms with Gasteiger partial charge in [0.25, 0.3) is 0 Å². The van der Waals surface area contributed by atoms with Gasteiger partial charge in [-0.25, -0.2) is 0 Å². The van der Waals surface area contributed by atoms with Gasteiger partial charge in [0.15, 0.2) is 5.16 Å². The Kier molecular flexibility index (Phi) is 5.40. The van der Waals surface area contributed by atoms with Crippen LogP contribution in [0.2, 0.25) is 0 Å². The van der Waals surface area contributed by atoms with E-state index < -0.39 is 5.97 Å². The predicted octanol–water partition coefficient (Wildman–Crippen LogP) is 3.50. The number of carbonyl (C=O) groups is 1. The van der Waals surface area contributed by atoms with E-state index in [2.05, 4.69) is 10.2 Å². The molecule has 1 saturated carbocycles.